The van der Waals surface area contributed by atoms with Crippen LogP contribution in [0.5, 0.6) is 5.75 Å². The molecule has 1 fully saturated rings. The van der Waals surface area contributed by atoms with Gasteiger partial charge in [0, 0.05) is 12.2 Å². The van der Waals surface area contributed by atoms with Crippen molar-refractivity contribution >= 4 is 11.6 Å². The first-order valence-electron chi connectivity index (χ1n) is 6.30. The fourth-order valence-corrected chi connectivity index (χ4v) is 2.35. The fourth-order valence-electron chi connectivity index (χ4n) is 2.35. The van der Waals surface area contributed by atoms with E-state index in [0.717, 1.165) is 23.5 Å². The number of carbonyl (C=O) groups excluding carboxylic acids is 1. The second kappa shape index (κ2) is 4.76. The average Bonchev–Trinajstić information content (AvgIpc) is 2.47. The lowest BCUT2D eigenvalue weighted by Crippen LogP contribution is -2.50. The normalized spacial score (nSPS) is 18.1. The van der Waals surface area contributed by atoms with Gasteiger partial charge < -0.3 is 9.64 Å². The zero-order valence-electron chi connectivity index (χ0n) is 10.7. The smallest absolute Gasteiger partial charge is 0.236 e. The summed E-state index contributed by atoms with van der Waals surface area (Å²) in [6.07, 6.45) is 0. The summed E-state index contributed by atoms with van der Waals surface area (Å²) in [6.45, 7) is 0.745. The van der Waals surface area contributed by atoms with Crippen molar-refractivity contribution < 1.29 is 9.53 Å². The van der Waals surface area contributed by atoms with Crippen molar-refractivity contribution in [3.05, 3.63) is 60.2 Å². The van der Waals surface area contributed by atoms with Gasteiger partial charge in [0.2, 0.25) is 5.91 Å². The van der Waals surface area contributed by atoms with Crippen molar-refractivity contribution in [1.82, 2.24) is 0 Å². The predicted molar refractivity (Wildman–Crippen MR) is 74.5 cm³/mol. The second-order valence-electron chi connectivity index (χ2n) is 4.61. The molecule has 3 nitrogen and oxygen atoms in total. The van der Waals surface area contributed by atoms with E-state index in [-0.39, 0.29) is 11.8 Å². The number of amides is 1. The summed E-state index contributed by atoms with van der Waals surface area (Å²) in [6, 6.07) is 17.5. The highest BCUT2D eigenvalue weighted by Gasteiger charge is 2.38. The molecule has 1 saturated heterocycles. The van der Waals surface area contributed by atoms with Crippen LogP contribution in [0.2, 0.25) is 0 Å². The first-order valence-corrected chi connectivity index (χ1v) is 6.30. The number of methoxy groups -OCH3 is 1. The van der Waals surface area contributed by atoms with Gasteiger partial charge in [-0.15, -0.1) is 0 Å². The van der Waals surface area contributed by atoms with Crippen LogP contribution in [0.1, 0.15) is 11.5 Å². The summed E-state index contributed by atoms with van der Waals surface area (Å²) in [5.74, 6) is 0.956. The Bertz CT molecular complexity index is 577. The molecule has 1 atom stereocenters. The number of hydrogen-bond donors (Lipinski definition) is 0. The molecular formula is C16H15NO2. The number of para-hydroxylation sites is 1. The minimum Gasteiger partial charge on any atom is -0.497 e. The monoisotopic (exact) mass is 253 g/mol. The van der Waals surface area contributed by atoms with Gasteiger partial charge in [0.15, 0.2) is 0 Å². The highest BCUT2D eigenvalue weighted by atomic mass is 16.5. The molecule has 2 aromatic rings. The number of rotatable bonds is 3. The molecule has 0 aliphatic carbocycles. The molecule has 0 N–H and O–H groups in total. The molecule has 96 valence electrons. The number of β-lactam (4-membered cyclic amide) rings is 1. The first kappa shape index (κ1) is 11.8. The van der Waals surface area contributed by atoms with Gasteiger partial charge in [-0.2, -0.15) is 0 Å². The summed E-state index contributed by atoms with van der Waals surface area (Å²) in [4.78, 5) is 14.0. The molecule has 0 saturated carbocycles. The Balaban J connectivity index is 1.74. The number of benzene rings is 2. The van der Waals surface area contributed by atoms with Crippen LogP contribution < -0.4 is 9.64 Å². The average molecular weight is 253 g/mol. The van der Waals surface area contributed by atoms with Crippen molar-refractivity contribution in [1.29, 1.82) is 0 Å². The van der Waals surface area contributed by atoms with Crippen LogP contribution in [0, 0.1) is 0 Å². The van der Waals surface area contributed by atoms with E-state index in [2.05, 4.69) is 0 Å². The van der Waals surface area contributed by atoms with Crippen LogP contribution in [0.15, 0.2) is 54.6 Å². The Morgan fingerprint density at radius 1 is 1.05 bits per heavy atom. The van der Waals surface area contributed by atoms with Gasteiger partial charge in [-0.25, -0.2) is 0 Å². The van der Waals surface area contributed by atoms with Crippen LogP contribution in [0.3, 0.4) is 0 Å². The molecule has 1 amide bonds. The van der Waals surface area contributed by atoms with Gasteiger partial charge in [0.1, 0.15) is 5.75 Å². The Kier molecular flexibility index (Phi) is 2.95. The predicted octanol–water partition coefficient (Wildman–Crippen LogP) is 2.83. The largest absolute Gasteiger partial charge is 0.497 e. The van der Waals surface area contributed by atoms with Gasteiger partial charge in [-0.3, -0.25) is 4.79 Å². The van der Waals surface area contributed by atoms with Crippen molar-refractivity contribution in [2.75, 3.05) is 18.6 Å². The SMILES string of the molecule is COc1ccc(C2CN(c3ccccc3)C2=O)cc1. The molecule has 3 rings (SSSR count). The van der Waals surface area contributed by atoms with Gasteiger partial charge in [0.25, 0.3) is 0 Å². The Labute approximate surface area is 112 Å². The summed E-state index contributed by atoms with van der Waals surface area (Å²) < 4.78 is 5.12. The molecule has 1 aliphatic rings. The van der Waals surface area contributed by atoms with Crippen LogP contribution in [0.25, 0.3) is 0 Å². The summed E-state index contributed by atoms with van der Waals surface area (Å²) in [5, 5.41) is 0. The second-order valence-corrected chi connectivity index (χ2v) is 4.61. The van der Waals surface area contributed by atoms with Crippen LogP contribution in [0.4, 0.5) is 5.69 Å². The molecule has 0 bridgehead atoms. The van der Waals surface area contributed by atoms with E-state index in [9.17, 15) is 4.79 Å². The lowest BCUT2D eigenvalue weighted by molar-refractivity contribution is -0.124. The Morgan fingerprint density at radius 2 is 1.74 bits per heavy atom. The number of ether oxygens (including phenoxy) is 1. The van der Waals surface area contributed by atoms with Crippen molar-refractivity contribution in [2.24, 2.45) is 0 Å². The Morgan fingerprint density at radius 3 is 2.32 bits per heavy atom. The number of carbonyl (C=O) groups is 1. The molecule has 0 radical (unpaired) electrons. The molecule has 0 spiro atoms. The lowest BCUT2D eigenvalue weighted by atomic mass is 9.90. The number of anilines is 1. The minimum absolute atomic E-state index is 0.0221. The van der Waals surface area contributed by atoms with E-state index in [1.165, 1.54) is 0 Å². The van der Waals surface area contributed by atoms with E-state index >= 15 is 0 Å². The highest BCUT2D eigenvalue weighted by molar-refractivity contribution is 6.04. The van der Waals surface area contributed by atoms with Crippen molar-refractivity contribution in [2.45, 2.75) is 5.92 Å². The molecule has 3 heteroatoms. The summed E-state index contributed by atoms with van der Waals surface area (Å²) >= 11 is 0. The molecular weight excluding hydrogens is 238 g/mol. The third-order valence-corrected chi connectivity index (χ3v) is 3.52. The summed E-state index contributed by atoms with van der Waals surface area (Å²) in [7, 11) is 1.64. The maximum Gasteiger partial charge on any atom is 0.236 e. The van der Waals surface area contributed by atoms with E-state index in [0.29, 0.717) is 0 Å². The standard InChI is InChI=1S/C16H15NO2/c1-19-14-9-7-12(8-10-14)15-11-17(16(15)18)13-5-3-2-4-6-13/h2-10,15H,11H2,1H3. The van der Waals surface area contributed by atoms with Crippen LogP contribution >= 0.6 is 0 Å². The van der Waals surface area contributed by atoms with Crippen LogP contribution in [-0.2, 0) is 4.79 Å². The van der Waals surface area contributed by atoms with E-state index < -0.39 is 0 Å². The van der Waals surface area contributed by atoms with Gasteiger partial charge in [-0.1, -0.05) is 30.3 Å². The molecule has 1 unspecified atom stereocenters. The van der Waals surface area contributed by atoms with Crippen molar-refractivity contribution in [3.8, 4) is 5.75 Å². The topological polar surface area (TPSA) is 29.5 Å². The van der Waals surface area contributed by atoms with Gasteiger partial charge >= 0.3 is 0 Å². The number of nitrogens with zero attached hydrogens (tertiary/aromatic N) is 1. The third-order valence-electron chi connectivity index (χ3n) is 3.52. The summed E-state index contributed by atoms with van der Waals surface area (Å²) in [5.41, 5.74) is 2.02. The Hall–Kier alpha value is -2.29. The maximum absolute atomic E-state index is 12.2. The number of hydrogen-bond acceptors (Lipinski definition) is 2. The van der Waals surface area contributed by atoms with E-state index in [1.54, 1.807) is 7.11 Å². The highest BCUT2D eigenvalue weighted by Crippen LogP contribution is 2.33. The third kappa shape index (κ3) is 2.08. The van der Waals surface area contributed by atoms with Gasteiger partial charge in [0.05, 0.1) is 13.0 Å². The quantitative estimate of drug-likeness (QED) is 0.787. The molecule has 1 aliphatic heterocycles. The zero-order chi connectivity index (χ0) is 13.2. The minimum atomic E-state index is -0.0221. The molecule has 0 aromatic heterocycles. The van der Waals surface area contributed by atoms with E-state index in [4.69, 9.17) is 4.74 Å². The zero-order valence-corrected chi connectivity index (χ0v) is 10.7. The maximum atomic E-state index is 12.2. The fraction of sp³-hybridized carbons (Fsp3) is 0.188. The molecule has 1 heterocycles. The molecule has 2 aromatic carbocycles. The van der Waals surface area contributed by atoms with E-state index in [1.807, 2.05) is 59.5 Å². The lowest BCUT2D eigenvalue weighted by Gasteiger charge is -2.38. The first-order chi connectivity index (χ1) is 9.29. The van der Waals surface area contributed by atoms with Crippen LogP contribution in [-0.4, -0.2) is 19.6 Å². The van der Waals surface area contributed by atoms with Gasteiger partial charge in [-0.05, 0) is 29.8 Å². The molecule has 19 heavy (non-hydrogen) atoms. The van der Waals surface area contributed by atoms with Crippen molar-refractivity contribution in [3.63, 3.8) is 0 Å².